The Morgan fingerprint density at radius 3 is 0.912 bits per heavy atom. The second-order valence-electron chi connectivity index (χ2n) is 11.3. The molecule has 6 aliphatic rings. The van der Waals surface area contributed by atoms with Crippen molar-refractivity contribution >= 4 is 17.6 Å². The van der Waals surface area contributed by atoms with E-state index in [2.05, 4.69) is 51.3 Å². The molecule has 0 aromatic heterocycles. The Labute approximate surface area is 209 Å². The quantitative estimate of drug-likeness (QED) is 0.376. The predicted molar refractivity (Wildman–Crippen MR) is 136 cm³/mol. The van der Waals surface area contributed by atoms with Crippen molar-refractivity contribution in [2.75, 3.05) is 39.3 Å². The Bertz CT molecular complexity index is 535. The Morgan fingerprint density at radius 2 is 0.676 bits per heavy atom. The van der Waals surface area contributed by atoms with Crippen molar-refractivity contribution in [3.05, 3.63) is 0 Å². The monoisotopic (exact) mass is 516 g/mol. The van der Waals surface area contributed by atoms with Crippen molar-refractivity contribution in [1.29, 1.82) is 0 Å². The SMILES string of the molecule is C[C@@H]1CN2C[C@@H](C)O[Si](CCCCCC[Si]34O[C@H](C)CN(C[C@@H](C)O3)C[C@H](C)O4)(O1)O[C@H](C)C2. The molecule has 6 atom stereocenters. The minimum Gasteiger partial charge on any atom is -0.369 e. The largest absolute Gasteiger partial charge is 0.501 e. The third kappa shape index (κ3) is 7.33. The van der Waals surface area contributed by atoms with Gasteiger partial charge in [0.05, 0.1) is 36.6 Å². The average Bonchev–Trinajstić information content (AvgIpc) is 2.65. The van der Waals surface area contributed by atoms with E-state index in [0.717, 1.165) is 77.0 Å². The van der Waals surface area contributed by atoms with Crippen molar-refractivity contribution in [3.8, 4) is 0 Å². The van der Waals surface area contributed by atoms with Gasteiger partial charge in [-0.15, -0.1) is 0 Å². The van der Waals surface area contributed by atoms with Crippen LogP contribution in [0.25, 0.3) is 0 Å². The van der Waals surface area contributed by atoms with Crippen LogP contribution in [-0.4, -0.2) is 103 Å². The lowest BCUT2D eigenvalue weighted by molar-refractivity contribution is -0.0803. The number of hydrogen-bond acceptors (Lipinski definition) is 8. The summed E-state index contributed by atoms with van der Waals surface area (Å²) in [4.78, 5) is 4.83. The highest BCUT2D eigenvalue weighted by Gasteiger charge is 2.50. The second kappa shape index (κ2) is 11.7. The summed E-state index contributed by atoms with van der Waals surface area (Å²) in [6.45, 7) is 18.7. The molecule has 0 spiro atoms. The van der Waals surface area contributed by atoms with Gasteiger partial charge in [0.1, 0.15) is 0 Å². The molecule has 34 heavy (non-hydrogen) atoms. The van der Waals surface area contributed by atoms with Crippen molar-refractivity contribution in [1.82, 2.24) is 9.80 Å². The molecule has 8 nitrogen and oxygen atoms in total. The molecule has 0 aromatic rings. The van der Waals surface area contributed by atoms with Crippen LogP contribution in [-0.2, 0) is 26.6 Å². The Hall–Kier alpha value is 0.114. The molecule has 6 heterocycles. The molecule has 6 fully saturated rings. The van der Waals surface area contributed by atoms with Crippen molar-refractivity contribution < 1.29 is 26.6 Å². The number of rotatable bonds is 7. The van der Waals surface area contributed by atoms with Crippen LogP contribution in [0.2, 0.25) is 12.1 Å². The zero-order valence-electron chi connectivity index (χ0n) is 22.3. The summed E-state index contributed by atoms with van der Waals surface area (Å²) in [7, 11) is -5.34. The van der Waals surface area contributed by atoms with Crippen LogP contribution < -0.4 is 0 Å². The fraction of sp³-hybridized carbons (Fsp3) is 1.00. The van der Waals surface area contributed by atoms with Crippen LogP contribution in [0.5, 0.6) is 0 Å². The Morgan fingerprint density at radius 1 is 0.441 bits per heavy atom. The lowest BCUT2D eigenvalue weighted by Crippen LogP contribution is -2.61. The predicted octanol–water partition coefficient (Wildman–Crippen LogP) is 3.51. The average molecular weight is 517 g/mol. The molecule has 0 N–H and O–H groups in total. The molecule has 0 saturated carbocycles. The highest BCUT2D eigenvalue weighted by atomic mass is 28.4. The van der Waals surface area contributed by atoms with Gasteiger partial charge in [0.25, 0.3) is 0 Å². The van der Waals surface area contributed by atoms with Crippen molar-refractivity contribution in [3.63, 3.8) is 0 Å². The maximum absolute atomic E-state index is 6.50. The Kier molecular flexibility index (Phi) is 9.31. The molecule has 4 bridgehead atoms. The lowest BCUT2D eigenvalue weighted by Gasteiger charge is -2.45. The molecule has 0 amide bonds. The van der Waals surface area contributed by atoms with E-state index in [1.165, 1.54) is 0 Å². The van der Waals surface area contributed by atoms with Gasteiger partial charge in [-0.1, -0.05) is 12.8 Å². The molecule has 0 unspecified atom stereocenters. The highest BCUT2D eigenvalue weighted by Crippen LogP contribution is 2.32. The summed E-state index contributed by atoms with van der Waals surface area (Å²) in [6, 6.07) is 1.80. The zero-order valence-corrected chi connectivity index (χ0v) is 24.3. The van der Waals surface area contributed by atoms with Crippen LogP contribution in [0.1, 0.15) is 67.2 Å². The van der Waals surface area contributed by atoms with Gasteiger partial charge in [0, 0.05) is 51.4 Å². The van der Waals surface area contributed by atoms with E-state index < -0.39 is 17.6 Å². The summed E-state index contributed by atoms with van der Waals surface area (Å²) in [6.07, 6.45) is 5.34. The first kappa shape index (κ1) is 27.2. The number of nitrogens with zero attached hydrogens (tertiary/aromatic N) is 2. The lowest BCUT2D eigenvalue weighted by atomic mass is 10.2. The van der Waals surface area contributed by atoms with Gasteiger partial charge in [-0.2, -0.15) is 0 Å². The van der Waals surface area contributed by atoms with Gasteiger partial charge in [-0.05, 0) is 54.4 Å². The summed E-state index contributed by atoms with van der Waals surface area (Å²) < 4.78 is 39.0. The summed E-state index contributed by atoms with van der Waals surface area (Å²) in [5.74, 6) is 0. The number of fused-ring (bicyclic) bond motifs is 12. The third-order valence-corrected chi connectivity index (χ3v) is 13.6. The topological polar surface area (TPSA) is 61.9 Å². The van der Waals surface area contributed by atoms with E-state index >= 15 is 0 Å². The van der Waals surface area contributed by atoms with E-state index in [0.29, 0.717) is 0 Å². The normalized spacial score (nSPS) is 47.8. The summed E-state index contributed by atoms with van der Waals surface area (Å²) in [5.41, 5.74) is 0. The number of unbranched alkanes of at least 4 members (excludes halogenated alkanes) is 3. The van der Waals surface area contributed by atoms with Crippen LogP contribution in [0.4, 0.5) is 0 Å². The minimum atomic E-state index is -2.67. The standard InChI is InChI=1S/C24H48N2O6Si2/c1-19-13-25-14-20(2)28-33(27-19,29-21(3)15-25)11-9-7-8-10-12-34-30-22(4)16-26(17-23(5)31-34)18-24(6)32-34/h19-24H,7-18H2,1-6H3/t19-,20-,21-,22-,23-,24+/m1/s1. The van der Waals surface area contributed by atoms with Gasteiger partial charge < -0.3 is 26.6 Å². The highest BCUT2D eigenvalue weighted by molar-refractivity contribution is 6.61. The minimum absolute atomic E-state index is 0.156. The van der Waals surface area contributed by atoms with Crippen LogP contribution in [0.3, 0.4) is 0 Å². The molecule has 6 aliphatic heterocycles. The van der Waals surface area contributed by atoms with E-state index in [1.54, 1.807) is 0 Å². The van der Waals surface area contributed by atoms with E-state index in [1.807, 2.05) is 0 Å². The maximum atomic E-state index is 6.50. The van der Waals surface area contributed by atoms with Crippen LogP contribution in [0.15, 0.2) is 0 Å². The summed E-state index contributed by atoms with van der Waals surface area (Å²) >= 11 is 0. The fourth-order valence-corrected chi connectivity index (χ4v) is 12.8. The first-order valence-electron chi connectivity index (χ1n) is 13.7. The van der Waals surface area contributed by atoms with E-state index in [9.17, 15) is 0 Å². The maximum Gasteiger partial charge on any atom is 0.501 e. The van der Waals surface area contributed by atoms with Crippen LogP contribution in [0, 0.1) is 0 Å². The molecule has 0 aromatic carbocycles. The first-order chi connectivity index (χ1) is 16.1. The van der Waals surface area contributed by atoms with Crippen molar-refractivity contribution in [2.45, 2.75) is 116 Å². The molecule has 198 valence electrons. The van der Waals surface area contributed by atoms with Gasteiger partial charge in [-0.3, -0.25) is 9.80 Å². The molecule has 6 rings (SSSR count). The molecule has 0 aliphatic carbocycles. The smallest absolute Gasteiger partial charge is 0.369 e. The molecule has 10 heteroatoms. The molecule has 6 saturated heterocycles. The van der Waals surface area contributed by atoms with E-state index in [-0.39, 0.29) is 36.6 Å². The molecular formula is C24H48N2O6Si2. The Balaban J connectivity index is 1.28. The van der Waals surface area contributed by atoms with Gasteiger partial charge in [-0.25, -0.2) is 0 Å². The summed E-state index contributed by atoms with van der Waals surface area (Å²) in [5, 5.41) is 0. The van der Waals surface area contributed by atoms with Gasteiger partial charge in [0.2, 0.25) is 0 Å². The van der Waals surface area contributed by atoms with Crippen molar-refractivity contribution in [2.24, 2.45) is 0 Å². The van der Waals surface area contributed by atoms with Gasteiger partial charge >= 0.3 is 17.6 Å². The second-order valence-corrected chi connectivity index (χ2v) is 16.4. The zero-order chi connectivity index (χ0) is 24.3. The molecule has 0 radical (unpaired) electrons. The van der Waals surface area contributed by atoms with Crippen LogP contribution >= 0.6 is 0 Å². The molecular weight excluding hydrogens is 468 g/mol. The van der Waals surface area contributed by atoms with E-state index in [4.69, 9.17) is 26.6 Å². The first-order valence-corrected chi connectivity index (χ1v) is 17.5. The third-order valence-electron chi connectivity index (χ3n) is 7.09. The van der Waals surface area contributed by atoms with Gasteiger partial charge in [0.15, 0.2) is 0 Å². The number of hydrogen-bond donors (Lipinski definition) is 0. The fourth-order valence-electron chi connectivity index (χ4n) is 6.25.